The Morgan fingerprint density at radius 3 is 2.50 bits per heavy atom. The number of halogens is 1. The number of ketones is 1. The minimum absolute atomic E-state index is 0.0481. The SMILES string of the molecule is CC(=O)c1ccc(SC(C)C(C)O)cc1Br. The fourth-order valence-corrected chi connectivity index (χ4v) is 2.94. The molecule has 2 nitrogen and oxygen atoms in total. The largest absolute Gasteiger partial charge is 0.392 e. The molecule has 0 aliphatic carbocycles. The Hall–Kier alpha value is -0.320. The van der Waals surface area contributed by atoms with E-state index < -0.39 is 0 Å². The molecule has 1 aromatic carbocycles. The van der Waals surface area contributed by atoms with Gasteiger partial charge in [0.2, 0.25) is 0 Å². The standard InChI is InChI=1S/C12H15BrO2S/c1-7(14)9(3)16-10-4-5-11(8(2)15)12(13)6-10/h4-7,9,14H,1-3H3. The van der Waals surface area contributed by atoms with E-state index in [0.29, 0.717) is 5.56 Å². The van der Waals surface area contributed by atoms with E-state index in [-0.39, 0.29) is 17.1 Å². The van der Waals surface area contributed by atoms with Gasteiger partial charge in [-0.25, -0.2) is 0 Å². The average molecular weight is 303 g/mol. The summed E-state index contributed by atoms with van der Waals surface area (Å²) in [6, 6.07) is 5.63. The molecule has 0 amide bonds. The van der Waals surface area contributed by atoms with E-state index in [4.69, 9.17) is 0 Å². The first-order valence-electron chi connectivity index (χ1n) is 5.07. The quantitative estimate of drug-likeness (QED) is 0.683. The molecular formula is C12H15BrO2S. The van der Waals surface area contributed by atoms with Gasteiger partial charge < -0.3 is 5.11 Å². The predicted octanol–water partition coefficient (Wildman–Crippen LogP) is 3.51. The molecule has 0 bridgehead atoms. The molecule has 1 N–H and O–H groups in total. The van der Waals surface area contributed by atoms with Crippen molar-refractivity contribution in [2.75, 3.05) is 0 Å². The van der Waals surface area contributed by atoms with Crippen LogP contribution < -0.4 is 0 Å². The Morgan fingerprint density at radius 1 is 1.44 bits per heavy atom. The van der Waals surface area contributed by atoms with Crippen LogP contribution in [-0.2, 0) is 0 Å². The van der Waals surface area contributed by atoms with E-state index >= 15 is 0 Å². The third-order valence-corrected chi connectivity index (χ3v) is 4.27. The number of Topliss-reactive ketones (excluding diaryl/α,β-unsaturated/α-hetero) is 1. The molecule has 0 saturated carbocycles. The fourth-order valence-electron chi connectivity index (χ4n) is 1.17. The summed E-state index contributed by atoms with van der Waals surface area (Å²) in [6.45, 7) is 5.30. The van der Waals surface area contributed by atoms with Crippen LogP contribution in [0, 0.1) is 0 Å². The van der Waals surface area contributed by atoms with Crippen molar-refractivity contribution in [2.45, 2.75) is 37.0 Å². The number of carbonyl (C=O) groups is 1. The van der Waals surface area contributed by atoms with Gasteiger partial charge in [-0.2, -0.15) is 0 Å². The molecule has 1 rings (SSSR count). The number of rotatable bonds is 4. The topological polar surface area (TPSA) is 37.3 Å². The second kappa shape index (κ2) is 5.84. The Morgan fingerprint density at radius 2 is 2.06 bits per heavy atom. The Bertz CT molecular complexity index is 391. The molecule has 1 aromatic rings. The van der Waals surface area contributed by atoms with Crippen molar-refractivity contribution < 1.29 is 9.90 Å². The molecule has 0 aromatic heterocycles. The predicted molar refractivity (Wildman–Crippen MR) is 71.1 cm³/mol. The molecule has 0 saturated heterocycles. The van der Waals surface area contributed by atoms with E-state index in [2.05, 4.69) is 15.9 Å². The van der Waals surface area contributed by atoms with Crippen LogP contribution in [-0.4, -0.2) is 22.2 Å². The Labute approximate surface area is 109 Å². The van der Waals surface area contributed by atoms with Gasteiger partial charge in [-0.1, -0.05) is 22.9 Å². The lowest BCUT2D eigenvalue weighted by atomic mass is 10.1. The lowest BCUT2D eigenvalue weighted by Gasteiger charge is -2.14. The summed E-state index contributed by atoms with van der Waals surface area (Å²) >= 11 is 4.97. The minimum Gasteiger partial charge on any atom is -0.392 e. The van der Waals surface area contributed by atoms with E-state index in [0.717, 1.165) is 9.37 Å². The van der Waals surface area contributed by atoms with Crippen molar-refractivity contribution >= 4 is 33.5 Å². The normalized spacial score (nSPS) is 14.6. The van der Waals surface area contributed by atoms with Crippen LogP contribution in [0.1, 0.15) is 31.1 Å². The molecule has 0 heterocycles. The fraction of sp³-hybridized carbons (Fsp3) is 0.417. The van der Waals surface area contributed by atoms with Gasteiger partial charge >= 0.3 is 0 Å². The van der Waals surface area contributed by atoms with E-state index in [1.54, 1.807) is 25.6 Å². The average Bonchev–Trinajstić information content (AvgIpc) is 2.16. The molecule has 16 heavy (non-hydrogen) atoms. The van der Waals surface area contributed by atoms with E-state index in [1.165, 1.54) is 0 Å². The van der Waals surface area contributed by atoms with Gasteiger partial charge in [0.25, 0.3) is 0 Å². The number of hydrogen-bond donors (Lipinski definition) is 1. The second-order valence-electron chi connectivity index (χ2n) is 3.76. The van der Waals surface area contributed by atoms with Crippen molar-refractivity contribution in [1.29, 1.82) is 0 Å². The summed E-state index contributed by atoms with van der Waals surface area (Å²) in [5.41, 5.74) is 0.689. The highest BCUT2D eigenvalue weighted by molar-refractivity contribution is 9.10. The van der Waals surface area contributed by atoms with Gasteiger partial charge in [0.1, 0.15) is 0 Å². The second-order valence-corrected chi connectivity index (χ2v) is 6.07. The zero-order valence-corrected chi connectivity index (χ0v) is 11.9. The molecule has 0 fully saturated rings. The third kappa shape index (κ3) is 3.61. The van der Waals surface area contributed by atoms with Crippen molar-refractivity contribution in [3.63, 3.8) is 0 Å². The van der Waals surface area contributed by atoms with Crippen LogP contribution in [0.15, 0.2) is 27.6 Å². The molecular weight excluding hydrogens is 288 g/mol. The van der Waals surface area contributed by atoms with Crippen LogP contribution >= 0.6 is 27.7 Å². The van der Waals surface area contributed by atoms with Crippen LogP contribution in [0.4, 0.5) is 0 Å². The van der Waals surface area contributed by atoms with Gasteiger partial charge in [0.05, 0.1) is 6.10 Å². The van der Waals surface area contributed by atoms with Crippen LogP contribution in [0.2, 0.25) is 0 Å². The Kier molecular flexibility index (Phi) is 5.02. The lowest BCUT2D eigenvalue weighted by Crippen LogP contribution is -2.14. The van der Waals surface area contributed by atoms with Crippen molar-refractivity contribution in [3.05, 3.63) is 28.2 Å². The van der Waals surface area contributed by atoms with Crippen molar-refractivity contribution in [3.8, 4) is 0 Å². The maximum atomic E-state index is 11.2. The zero-order valence-electron chi connectivity index (χ0n) is 9.53. The van der Waals surface area contributed by atoms with E-state index in [9.17, 15) is 9.90 Å². The first-order chi connectivity index (χ1) is 7.41. The number of aliphatic hydroxyl groups is 1. The first-order valence-corrected chi connectivity index (χ1v) is 6.74. The summed E-state index contributed by atoms with van der Waals surface area (Å²) in [5, 5.41) is 9.54. The zero-order chi connectivity index (χ0) is 12.3. The van der Waals surface area contributed by atoms with Crippen molar-refractivity contribution in [2.24, 2.45) is 0 Å². The highest BCUT2D eigenvalue weighted by Gasteiger charge is 2.12. The number of thioether (sulfide) groups is 1. The van der Waals surface area contributed by atoms with Gasteiger partial charge in [0, 0.05) is 20.2 Å². The number of aliphatic hydroxyl groups excluding tert-OH is 1. The summed E-state index contributed by atoms with van der Waals surface area (Å²) < 4.78 is 0.808. The lowest BCUT2D eigenvalue weighted by molar-refractivity contribution is 0.101. The smallest absolute Gasteiger partial charge is 0.160 e. The molecule has 88 valence electrons. The summed E-state index contributed by atoms with van der Waals surface area (Å²) in [4.78, 5) is 12.3. The van der Waals surface area contributed by atoms with Gasteiger partial charge in [-0.05, 0) is 32.0 Å². The minimum atomic E-state index is -0.351. The van der Waals surface area contributed by atoms with E-state index in [1.807, 2.05) is 25.1 Å². The summed E-state index contributed by atoms with van der Waals surface area (Å²) in [5.74, 6) is 0.0481. The molecule has 2 unspecified atom stereocenters. The monoisotopic (exact) mass is 302 g/mol. The first kappa shape index (κ1) is 13.7. The highest BCUT2D eigenvalue weighted by Crippen LogP contribution is 2.29. The van der Waals surface area contributed by atoms with Crippen LogP contribution in [0.3, 0.4) is 0 Å². The van der Waals surface area contributed by atoms with Crippen LogP contribution in [0.25, 0.3) is 0 Å². The van der Waals surface area contributed by atoms with Crippen LogP contribution in [0.5, 0.6) is 0 Å². The van der Waals surface area contributed by atoms with Crippen molar-refractivity contribution in [1.82, 2.24) is 0 Å². The van der Waals surface area contributed by atoms with Gasteiger partial charge in [0.15, 0.2) is 5.78 Å². The highest BCUT2D eigenvalue weighted by atomic mass is 79.9. The number of hydrogen-bond acceptors (Lipinski definition) is 3. The van der Waals surface area contributed by atoms with Gasteiger partial charge in [-0.3, -0.25) is 4.79 Å². The molecule has 0 radical (unpaired) electrons. The molecule has 2 atom stereocenters. The molecule has 0 spiro atoms. The number of carbonyl (C=O) groups excluding carboxylic acids is 1. The maximum absolute atomic E-state index is 11.2. The van der Waals surface area contributed by atoms with Gasteiger partial charge in [-0.15, -0.1) is 11.8 Å². The molecule has 4 heteroatoms. The summed E-state index contributed by atoms with van der Waals surface area (Å²) in [7, 11) is 0. The number of benzene rings is 1. The third-order valence-electron chi connectivity index (χ3n) is 2.32. The Balaban J connectivity index is 2.85. The maximum Gasteiger partial charge on any atom is 0.160 e. The molecule has 0 aliphatic heterocycles. The summed E-state index contributed by atoms with van der Waals surface area (Å²) in [6.07, 6.45) is -0.351. The molecule has 0 aliphatic rings.